The predicted molar refractivity (Wildman–Crippen MR) is 102 cm³/mol. The number of hydrogen-bond acceptors (Lipinski definition) is 4. The van der Waals surface area contributed by atoms with Crippen molar-refractivity contribution >= 4 is 11.8 Å². The average Bonchev–Trinajstić information content (AvgIpc) is 2.70. The van der Waals surface area contributed by atoms with E-state index < -0.39 is 12.1 Å². The van der Waals surface area contributed by atoms with Gasteiger partial charge in [-0.25, -0.2) is 0 Å². The fourth-order valence-corrected chi connectivity index (χ4v) is 3.60. The lowest BCUT2D eigenvalue weighted by molar-refractivity contribution is -0.137. The second-order valence-corrected chi connectivity index (χ2v) is 7.18. The zero-order chi connectivity index (χ0) is 19.1. The Labute approximate surface area is 160 Å². The van der Waals surface area contributed by atoms with E-state index in [4.69, 9.17) is 4.74 Å². The topological polar surface area (TPSA) is 78.9 Å². The Balaban J connectivity index is 1.52. The second kappa shape index (κ2) is 9.67. The first-order valence-electron chi connectivity index (χ1n) is 9.71. The fourth-order valence-electron chi connectivity index (χ4n) is 3.60. The van der Waals surface area contributed by atoms with E-state index in [-0.39, 0.29) is 37.4 Å². The van der Waals surface area contributed by atoms with Gasteiger partial charge in [0.25, 0.3) is 0 Å². The molecule has 0 unspecified atom stereocenters. The third-order valence-electron chi connectivity index (χ3n) is 5.08. The zero-order valence-electron chi connectivity index (χ0n) is 15.5. The van der Waals surface area contributed by atoms with Crippen molar-refractivity contribution in [1.29, 1.82) is 0 Å². The van der Waals surface area contributed by atoms with Gasteiger partial charge in [-0.15, -0.1) is 0 Å². The lowest BCUT2D eigenvalue weighted by Gasteiger charge is -2.33. The number of benzene rings is 1. The van der Waals surface area contributed by atoms with Gasteiger partial charge in [0.1, 0.15) is 6.10 Å². The molecule has 1 saturated heterocycles. The Hall–Kier alpha value is -2.18. The van der Waals surface area contributed by atoms with Crippen molar-refractivity contribution in [2.75, 3.05) is 19.7 Å². The van der Waals surface area contributed by atoms with Gasteiger partial charge >= 0.3 is 0 Å². The third kappa shape index (κ3) is 5.65. The molecule has 2 heterocycles. The number of carbonyl (C=O) groups excluding carboxylic acids is 2. The highest BCUT2D eigenvalue weighted by molar-refractivity contribution is 5.79. The summed E-state index contributed by atoms with van der Waals surface area (Å²) >= 11 is 0. The largest absolute Gasteiger partial charge is 0.394 e. The van der Waals surface area contributed by atoms with Gasteiger partial charge in [-0.2, -0.15) is 0 Å². The summed E-state index contributed by atoms with van der Waals surface area (Å²) < 4.78 is 5.86. The van der Waals surface area contributed by atoms with Crippen LogP contribution in [0.3, 0.4) is 0 Å². The first-order valence-corrected chi connectivity index (χ1v) is 9.71. The van der Waals surface area contributed by atoms with E-state index in [1.807, 2.05) is 47.4 Å². The molecule has 146 valence electrons. The van der Waals surface area contributed by atoms with Crippen molar-refractivity contribution in [3.63, 3.8) is 0 Å². The maximum absolute atomic E-state index is 12.4. The second-order valence-electron chi connectivity index (χ2n) is 7.18. The molecule has 2 aliphatic heterocycles. The van der Waals surface area contributed by atoms with Crippen LogP contribution in [-0.2, 0) is 20.7 Å². The number of ether oxygens (including phenoxy) is 1. The highest BCUT2D eigenvalue weighted by Gasteiger charge is 2.30. The number of nitrogens with zero attached hydrogens (tertiary/aromatic N) is 1. The fraction of sp³-hybridized carbons (Fsp3) is 0.524. The van der Waals surface area contributed by atoms with E-state index in [2.05, 4.69) is 5.32 Å². The van der Waals surface area contributed by atoms with Crippen LogP contribution in [0.25, 0.3) is 0 Å². The van der Waals surface area contributed by atoms with Crippen molar-refractivity contribution in [3.05, 3.63) is 48.0 Å². The van der Waals surface area contributed by atoms with Crippen molar-refractivity contribution in [2.24, 2.45) is 0 Å². The van der Waals surface area contributed by atoms with Gasteiger partial charge in [-0.05, 0) is 24.8 Å². The molecule has 0 aromatic heterocycles. The lowest BCUT2D eigenvalue weighted by atomic mass is 10.0. The van der Waals surface area contributed by atoms with Crippen LogP contribution in [0, 0.1) is 0 Å². The molecule has 0 spiro atoms. The molecule has 1 aromatic rings. The molecule has 0 aliphatic carbocycles. The van der Waals surface area contributed by atoms with E-state index in [1.54, 1.807) is 0 Å². The van der Waals surface area contributed by atoms with Gasteiger partial charge in [-0.3, -0.25) is 9.59 Å². The smallest absolute Gasteiger partial charge is 0.225 e. The van der Waals surface area contributed by atoms with Gasteiger partial charge in [0.05, 0.1) is 31.6 Å². The Morgan fingerprint density at radius 1 is 1.11 bits per heavy atom. The molecule has 1 fully saturated rings. The molecule has 0 radical (unpaired) electrons. The average molecular weight is 372 g/mol. The maximum Gasteiger partial charge on any atom is 0.225 e. The maximum atomic E-state index is 12.4. The molecule has 1 aromatic carbocycles. The van der Waals surface area contributed by atoms with E-state index in [9.17, 15) is 14.7 Å². The van der Waals surface area contributed by atoms with Gasteiger partial charge in [0, 0.05) is 13.1 Å². The van der Waals surface area contributed by atoms with E-state index >= 15 is 0 Å². The quantitative estimate of drug-likeness (QED) is 0.741. The number of aliphatic hydroxyl groups excluding tert-OH is 1. The van der Waals surface area contributed by atoms with E-state index in [0.29, 0.717) is 0 Å². The minimum Gasteiger partial charge on any atom is -0.394 e. The molecule has 2 N–H and O–H groups in total. The summed E-state index contributed by atoms with van der Waals surface area (Å²) in [6.45, 7) is 1.42. The van der Waals surface area contributed by atoms with Crippen LogP contribution in [0.4, 0.5) is 0 Å². The number of carbonyl (C=O) groups is 2. The van der Waals surface area contributed by atoms with Crippen molar-refractivity contribution in [2.45, 2.75) is 50.4 Å². The number of likely N-dealkylation sites (tertiary alicyclic amines) is 1. The van der Waals surface area contributed by atoms with Crippen LogP contribution in [0.5, 0.6) is 0 Å². The third-order valence-corrected chi connectivity index (χ3v) is 5.08. The van der Waals surface area contributed by atoms with Crippen LogP contribution in [0.2, 0.25) is 0 Å². The van der Waals surface area contributed by atoms with Crippen LogP contribution >= 0.6 is 0 Å². The molecule has 0 bridgehead atoms. The minimum atomic E-state index is -0.547. The number of aliphatic hydroxyl groups is 1. The zero-order valence-corrected chi connectivity index (χ0v) is 15.5. The molecule has 0 saturated carbocycles. The van der Waals surface area contributed by atoms with Crippen LogP contribution in [0.15, 0.2) is 42.5 Å². The number of piperidine rings is 1. The molecule has 3 rings (SSSR count). The number of nitrogens with one attached hydrogen (secondary N) is 1. The molecule has 2 amide bonds. The highest BCUT2D eigenvalue weighted by atomic mass is 16.5. The van der Waals surface area contributed by atoms with E-state index in [1.165, 1.54) is 6.42 Å². The Morgan fingerprint density at radius 2 is 1.85 bits per heavy atom. The van der Waals surface area contributed by atoms with Gasteiger partial charge < -0.3 is 20.1 Å². The molecule has 2 aliphatic rings. The van der Waals surface area contributed by atoms with Crippen molar-refractivity contribution in [3.8, 4) is 0 Å². The Morgan fingerprint density at radius 3 is 2.56 bits per heavy atom. The van der Waals surface area contributed by atoms with Crippen LogP contribution in [0.1, 0.15) is 31.2 Å². The van der Waals surface area contributed by atoms with Gasteiger partial charge in [-0.1, -0.05) is 42.5 Å². The number of amides is 2. The Kier molecular flexibility index (Phi) is 7.01. The van der Waals surface area contributed by atoms with Crippen LogP contribution < -0.4 is 5.32 Å². The van der Waals surface area contributed by atoms with Crippen molar-refractivity contribution < 1.29 is 19.4 Å². The minimum absolute atomic E-state index is 0.0904. The number of rotatable bonds is 6. The molecular formula is C21H28N2O4. The normalized spacial score (nSPS) is 25.2. The van der Waals surface area contributed by atoms with E-state index in [0.717, 1.165) is 31.5 Å². The lowest BCUT2D eigenvalue weighted by Crippen LogP contribution is -2.49. The van der Waals surface area contributed by atoms with Crippen LogP contribution in [-0.4, -0.2) is 59.8 Å². The summed E-state index contributed by atoms with van der Waals surface area (Å²) in [7, 11) is 0. The van der Waals surface area contributed by atoms with Gasteiger partial charge in [0.2, 0.25) is 11.8 Å². The molecule has 3 atom stereocenters. The van der Waals surface area contributed by atoms with Gasteiger partial charge in [0.15, 0.2) is 0 Å². The summed E-state index contributed by atoms with van der Waals surface area (Å²) in [5.74, 6) is -0.0339. The SMILES string of the molecule is O=C(Cc1ccccc1)N[C@H]1C=C[C@H](CC(=O)N2CCCCC2)O[C@@H]1CO. The summed E-state index contributed by atoms with van der Waals surface area (Å²) in [5.41, 5.74) is 0.932. The molecule has 6 nitrogen and oxygen atoms in total. The van der Waals surface area contributed by atoms with Crippen molar-refractivity contribution in [1.82, 2.24) is 10.2 Å². The summed E-state index contributed by atoms with van der Waals surface area (Å²) in [5, 5.41) is 12.6. The molecule has 27 heavy (non-hydrogen) atoms. The molecular weight excluding hydrogens is 344 g/mol. The standard InChI is InChI=1S/C21H28N2O4/c24-15-19-18(22-20(25)13-16-7-3-1-4-8-16)10-9-17(27-19)14-21(26)23-11-5-2-6-12-23/h1,3-4,7-10,17-19,24H,2,5-6,11-15H2,(H,22,25)/t17-,18+,19-/m1/s1. The first kappa shape index (κ1) is 19.6. The summed E-state index contributed by atoms with van der Waals surface area (Å²) in [4.78, 5) is 26.6. The number of hydrogen-bond donors (Lipinski definition) is 2. The Bertz CT molecular complexity index is 655. The highest BCUT2D eigenvalue weighted by Crippen LogP contribution is 2.18. The molecule has 6 heteroatoms. The predicted octanol–water partition coefficient (Wildman–Crippen LogP) is 1.43. The summed E-state index contributed by atoms with van der Waals surface area (Å²) in [6, 6.07) is 9.11. The summed E-state index contributed by atoms with van der Waals surface area (Å²) in [6.07, 6.45) is 6.60. The monoisotopic (exact) mass is 372 g/mol. The first-order chi connectivity index (χ1) is 13.2.